The van der Waals surface area contributed by atoms with E-state index in [4.69, 9.17) is 9.47 Å². The SMILES string of the molecule is CC(C)CCC[C@@H](C)[C@H]1CC[C@H]2[C@@H]3CC=C4C[C@@H](OC(=O)CCCCCOc5ccc(N=Nc6ccc(OCC(F)(F)C(F)(F)C(F)(F)C(F)(F)C(F)(F)C(F)(F)C(F)(F)F)cc6)c(F)c5F)CC[C@]4(C)[C@H]3CC[C@]12C. The fourth-order valence-electron chi connectivity index (χ4n) is 12.4. The highest BCUT2D eigenvalue weighted by atomic mass is 19.4. The number of azo groups is 1. The van der Waals surface area contributed by atoms with Gasteiger partial charge in [0.05, 0.1) is 12.3 Å². The fourth-order valence-corrected chi connectivity index (χ4v) is 12.4. The van der Waals surface area contributed by atoms with Crippen LogP contribution in [0.5, 0.6) is 11.5 Å². The van der Waals surface area contributed by atoms with Gasteiger partial charge < -0.3 is 14.2 Å². The second-order valence-corrected chi connectivity index (χ2v) is 22.1. The summed E-state index contributed by atoms with van der Waals surface area (Å²) in [6.45, 7) is 9.02. The number of nitrogens with zero attached hydrogens (tertiary/aromatic N) is 2. The average molecular weight is 1120 g/mol. The van der Waals surface area contributed by atoms with Crippen LogP contribution in [0.25, 0.3) is 0 Å². The van der Waals surface area contributed by atoms with Crippen LogP contribution in [0, 0.1) is 58.0 Å². The van der Waals surface area contributed by atoms with Gasteiger partial charge in [-0.25, -0.2) is 4.39 Å². The van der Waals surface area contributed by atoms with Crippen molar-refractivity contribution in [3.05, 3.63) is 59.7 Å². The molecule has 23 heteroatoms. The minimum absolute atomic E-state index is 0.0501. The number of rotatable bonds is 23. The molecule has 0 N–H and O–H groups in total. The first-order valence-corrected chi connectivity index (χ1v) is 25.6. The Hall–Kier alpha value is -4.34. The van der Waals surface area contributed by atoms with Crippen LogP contribution in [0.3, 0.4) is 0 Å². The van der Waals surface area contributed by atoms with Crippen molar-refractivity contribution in [2.75, 3.05) is 13.2 Å². The van der Waals surface area contributed by atoms with Gasteiger partial charge in [0.15, 0.2) is 18.2 Å². The Morgan fingerprint density at radius 2 is 1.32 bits per heavy atom. The van der Waals surface area contributed by atoms with Gasteiger partial charge in [0, 0.05) is 12.8 Å². The van der Waals surface area contributed by atoms with E-state index in [0.29, 0.717) is 48.6 Å². The standard InChI is InChI=1S/C53H63F17N2O4/c1-30(2)10-9-11-31(3)37-19-20-38-36-18-13-32-28-35(23-25-45(32,4)39(36)24-26-46(37,38)5)76-42(73)12-7-6-8-27-74-41-22-21-40(43(54)44(41)55)72-71-33-14-16-34(17-15-33)75-29-47(56,57)48(58,59)49(60,61)50(62,63)51(64,65)52(66,67)53(68,69)70/h13-17,21-22,30-31,35-39H,6-12,18-20,23-29H2,1-5H3/t31-,35+,36+,37-,38+,39+,45+,46-/m1/s1. The third kappa shape index (κ3) is 11.5. The van der Waals surface area contributed by atoms with Gasteiger partial charge in [0.2, 0.25) is 5.82 Å². The quantitative estimate of drug-likeness (QED) is 0.0366. The van der Waals surface area contributed by atoms with E-state index >= 15 is 0 Å². The molecule has 0 saturated heterocycles. The number of halogens is 17. The Kier molecular flexibility index (Phi) is 18.0. The molecule has 0 aromatic heterocycles. The van der Waals surface area contributed by atoms with Gasteiger partial charge in [-0.05, 0) is 147 Å². The van der Waals surface area contributed by atoms with E-state index in [0.717, 1.165) is 73.6 Å². The summed E-state index contributed by atoms with van der Waals surface area (Å²) in [7, 11) is 0. The molecule has 2 aromatic carbocycles. The number of unbranched alkanes of at least 4 members (excludes halogenated alkanes) is 2. The molecule has 6 nitrogen and oxygen atoms in total. The Labute approximate surface area is 430 Å². The van der Waals surface area contributed by atoms with Gasteiger partial charge in [0.1, 0.15) is 17.5 Å². The minimum atomic E-state index is -8.42. The first kappa shape index (κ1) is 60.9. The summed E-state index contributed by atoms with van der Waals surface area (Å²) in [5.41, 5.74) is 0.941. The van der Waals surface area contributed by atoms with E-state index in [2.05, 4.69) is 55.7 Å². The molecular weight excluding hydrogens is 1050 g/mol. The predicted molar refractivity (Wildman–Crippen MR) is 245 cm³/mol. The van der Waals surface area contributed by atoms with Gasteiger partial charge in [-0.15, -0.1) is 5.11 Å². The molecule has 4 aliphatic carbocycles. The number of carbonyl (C=O) groups is 1. The maximum absolute atomic E-state index is 14.9. The van der Waals surface area contributed by atoms with Crippen LogP contribution in [0.15, 0.2) is 58.3 Å². The lowest BCUT2D eigenvalue weighted by Gasteiger charge is -2.58. The molecule has 2 aromatic rings. The van der Waals surface area contributed by atoms with Crippen LogP contribution in [0.2, 0.25) is 0 Å². The molecule has 0 radical (unpaired) electrons. The molecule has 0 bridgehead atoms. The first-order valence-electron chi connectivity index (χ1n) is 25.6. The number of allylic oxidation sites excluding steroid dienone is 1. The van der Waals surface area contributed by atoms with E-state index in [1.165, 1.54) is 50.5 Å². The highest BCUT2D eigenvalue weighted by molar-refractivity contribution is 5.69. The van der Waals surface area contributed by atoms with Crippen molar-refractivity contribution in [2.45, 2.75) is 179 Å². The second kappa shape index (κ2) is 22.4. The molecule has 3 fully saturated rings. The lowest BCUT2D eigenvalue weighted by atomic mass is 9.47. The predicted octanol–water partition coefficient (Wildman–Crippen LogP) is 18.0. The van der Waals surface area contributed by atoms with Gasteiger partial charge in [-0.1, -0.05) is 65.5 Å². The van der Waals surface area contributed by atoms with Crippen LogP contribution >= 0.6 is 0 Å². The summed E-state index contributed by atoms with van der Waals surface area (Å²) in [6.07, 6.45) is 8.82. The lowest BCUT2D eigenvalue weighted by molar-refractivity contribution is -0.453. The molecule has 76 heavy (non-hydrogen) atoms. The molecule has 4 aliphatic rings. The lowest BCUT2D eigenvalue weighted by Crippen LogP contribution is -2.73. The molecular formula is C53H63F17N2O4. The van der Waals surface area contributed by atoms with Crippen LogP contribution in [0.1, 0.15) is 131 Å². The second-order valence-electron chi connectivity index (χ2n) is 22.1. The molecule has 3 saturated carbocycles. The number of benzene rings is 2. The number of ether oxygens (including phenoxy) is 3. The van der Waals surface area contributed by atoms with E-state index in [1.54, 1.807) is 0 Å². The van der Waals surface area contributed by atoms with Crippen LogP contribution in [-0.2, 0) is 9.53 Å². The molecule has 0 amide bonds. The maximum Gasteiger partial charge on any atom is 0.460 e. The monoisotopic (exact) mass is 1110 g/mol. The van der Waals surface area contributed by atoms with Gasteiger partial charge >= 0.3 is 47.7 Å². The minimum Gasteiger partial charge on any atom is -0.490 e. The molecule has 0 aliphatic heterocycles. The Morgan fingerprint density at radius 3 is 1.96 bits per heavy atom. The zero-order valence-corrected chi connectivity index (χ0v) is 42.6. The normalized spacial score (nSPS) is 26.2. The summed E-state index contributed by atoms with van der Waals surface area (Å²) in [4.78, 5) is 12.9. The van der Waals surface area contributed by atoms with E-state index in [1.807, 2.05) is 0 Å². The Balaban J connectivity index is 0.917. The van der Waals surface area contributed by atoms with Gasteiger partial charge in [-0.2, -0.15) is 75.4 Å². The summed E-state index contributed by atoms with van der Waals surface area (Å²) >= 11 is 0. The van der Waals surface area contributed by atoms with Crippen molar-refractivity contribution in [1.29, 1.82) is 0 Å². The maximum atomic E-state index is 14.9. The molecule has 0 spiro atoms. The number of alkyl halides is 15. The molecule has 6 rings (SSSR count). The average Bonchev–Trinajstić information content (AvgIpc) is 3.70. The van der Waals surface area contributed by atoms with E-state index < -0.39 is 77.1 Å². The third-order valence-electron chi connectivity index (χ3n) is 16.8. The zero-order chi connectivity index (χ0) is 56.7. The Morgan fingerprint density at radius 1 is 0.671 bits per heavy atom. The van der Waals surface area contributed by atoms with E-state index in [-0.39, 0.29) is 36.2 Å². The van der Waals surface area contributed by atoms with Gasteiger partial charge in [-0.3, -0.25) is 4.79 Å². The highest BCUT2D eigenvalue weighted by Crippen LogP contribution is 2.68. The topological polar surface area (TPSA) is 69.5 Å². The van der Waals surface area contributed by atoms with Crippen LogP contribution in [0.4, 0.5) is 86.0 Å². The molecule has 428 valence electrons. The Bertz CT molecular complexity index is 2390. The summed E-state index contributed by atoms with van der Waals surface area (Å²) in [5.74, 6) is -47.8. The third-order valence-corrected chi connectivity index (χ3v) is 16.8. The summed E-state index contributed by atoms with van der Waals surface area (Å²) in [6, 6.07) is 4.72. The van der Waals surface area contributed by atoms with Crippen molar-refractivity contribution in [3.63, 3.8) is 0 Å². The number of esters is 1. The number of carbonyl (C=O) groups excluding carboxylic acids is 1. The van der Waals surface area contributed by atoms with Crippen LogP contribution in [-0.4, -0.2) is 67.0 Å². The number of hydrogen-bond acceptors (Lipinski definition) is 6. The van der Waals surface area contributed by atoms with Gasteiger partial charge in [0.25, 0.3) is 0 Å². The van der Waals surface area contributed by atoms with Crippen molar-refractivity contribution in [2.24, 2.45) is 56.6 Å². The largest absolute Gasteiger partial charge is 0.490 e. The molecule has 0 unspecified atom stereocenters. The summed E-state index contributed by atoms with van der Waals surface area (Å²) < 4.78 is 247. The smallest absolute Gasteiger partial charge is 0.460 e. The highest BCUT2D eigenvalue weighted by Gasteiger charge is 2.93. The molecule has 8 atom stereocenters. The van der Waals surface area contributed by atoms with Crippen molar-refractivity contribution >= 4 is 17.3 Å². The van der Waals surface area contributed by atoms with Crippen LogP contribution < -0.4 is 9.47 Å². The molecule has 0 heterocycles. The number of hydrogen-bond donors (Lipinski definition) is 0. The van der Waals surface area contributed by atoms with Crippen molar-refractivity contribution < 1.29 is 93.6 Å². The fraction of sp³-hybridized carbons (Fsp3) is 0.717. The van der Waals surface area contributed by atoms with Crippen molar-refractivity contribution in [1.82, 2.24) is 0 Å². The van der Waals surface area contributed by atoms with E-state index in [9.17, 15) is 79.4 Å². The number of fused-ring (bicyclic) bond motifs is 5. The summed E-state index contributed by atoms with van der Waals surface area (Å²) in [5, 5.41) is 7.03. The zero-order valence-electron chi connectivity index (χ0n) is 42.6. The van der Waals surface area contributed by atoms with Crippen molar-refractivity contribution in [3.8, 4) is 11.5 Å². The first-order chi connectivity index (χ1) is 35.1.